The molecule has 0 amide bonds. The number of rotatable bonds is 3. The molecule has 0 N–H and O–H groups in total. The topological polar surface area (TPSA) is 39.9 Å². The molecule has 2 aromatic rings. The second-order valence-corrected chi connectivity index (χ2v) is 6.00. The summed E-state index contributed by atoms with van der Waals surface area (Å²) < 4.78 is 8.75. The molecule has 1 unspecified atom stereocenters. The zero-order chi connectivity index (χ0) is 13.2. The van der Waals surface area contributed by atoms with Crippen LogP contribution in [-0.4, -0.2) is 33.6 Å². The number of alkyl halides is 1. The highest BCUT2D eigenvalue weighted by Gasteiger charge is 2.22. The number of hydrogen-bond acceptors (Lipinski definition) is 3. The van der Waals surface area contributed by atoms with Gasteiger partial charge in [0.1, 0.15) is 11.3 Å². The molecule has 0 spiro atoms. The number of halogens is 2. The number of aromatic nitrogens is 3. The van der Waals surface area contributed by atoms with Crippen LogP contribution in [0.3, 0.4) is 0 Å². The van der Waals surface area contributed by atoms with Gasteiger partial charge in [0.2, 0.25) is 0 Å². The second kappa shape index (κ2) is 5.77. The first kappa shape index (κ1) is 13.3. The fraction of sp³-hybridized carbons (Fsp3) is 0.538. The Morgan fingerprint density at radius 3 is 3.16 bits per heavy atom. The van der Waals surface area contributed by atoms with E-state index in [-0.39, 0.29) is 0 Å². The fourth-order valence-electron chi connectivity index (χ4n) is 2.58. The van der Waals surface area contributed by atoms with E-state index in [4.69, 9.17) is 16.3 Å². The molecule has 19 heavy (non-hydrogen) atoms. The van der Waals surface area contributed by atoms with Gasteiger partial charge < -0.3 is 9.30 Å². The highest BCUT2D eigenvalue weighted by Crippen LogP contribution is 2.27. The van der Waals surface area contributed by atoms with Gasteiger partial charge in [-0.15, -0.1) is 11.6 Å². The van der Waals surface area contributed by atoms with E-state index in [2.05, 4.69) is 30.5 Å². The van der Waals surface area contributed by atoms with Crippen LogP contribution in [0.15, 0.2) is 16.7 Å². The summed E-state index contributed by atoms with van der Waals surface area (Å²) in [6.07, 6.45) is 4.76. The average molecular weight is 345 g/mol. The minimum atomic E-state index is 0.325. The van der Waals surface area contributed by atoms with Crippen LogP contribution in [0.1, 0.15) is 24.7 Å². The van der Waals surface area contributed by atoms with E-state index in [1.165, 1.54) is 0 Å². The third-order valence-electron chi connectivity index (χ3n) is 3.39. The first-order valence-electron chi connectivity index (χ1n) is 6.45. The molecule has 3 rings (SSSR count). The van der Waals surface area contributed by atoms with E-state index in [1.54, 1.807) is 0 Å². The minimum absolute atomic E-state index is 0.325. The van der Waals surface area contributed by atoms with Gasteiger partial charge in [0, 0.05) is 29.6 Å². The van der Waals surface area contributed by atoms with Gasteiger partial charge in [-0.25, -0.2) is 9.97 Å². The van der Waals surface area contributed by atoms with Crippen molar-refractivity contribution in [3.63, 3.8) is 0 Å². The van der Waals surface area contributed by atoms with Crippen LogP contribution in [0, 0.1) is 0 Å². The van der Waals surface area contributed by atoms with Crippen LogP contribution in [0.4, 0.5) is 0 Å². The van der Waals surface area contributed by atoms with E-state index in [1.807, 2.05) is 12.3 Å². The molecule has 3 heterocycles. The van der Waals surface area contributed by atoms with Crippen LogP contribution in [0.25, 0.3) is 11.2 Å². The molecule has 0 aliphatic carbocycles. The largest absolute Gasteiger partial charge is 0.379 e. The lowest BCUT2D eigenvalue weighted by atomic mass is 10.1. The number of imidazole rings is 1. The third kappa shape index (κ3) is 2.64. The highest BCUT2D eigenvalue weighted by molar-refractivity contribution is 9.10. The molecule has 2 aromatic heterocycles. The summed E-state index contributed by atoms with van der Waals surface area (Å²) in [5, 5.41) is 0. The third-order valence-corrected chi connectivity index (χ3v) is 4.01. The van der Waals surface area contributed by atoms with Gasteiger partial charge in [0.25, 0.3) is 0 Å². The molecular weight excluding hydrogens is 330 g/mol. The minimum Gasteiger partial charge on any atom is -0.379 e. The van der Waals surface area contributed by atoms with Crippen molar-refractivity contribution in [1.29, 1.82) is 0 Å². The van der Waals surface area contributed by atoms with E-state index < -0.39 is 0 Å². The smallest absolute Gasteiger partial charge is 0.160 e. The van der Waals surface area contributed by atoms with Crippen molar-refractivity contribution >= 4 is 38.7 Å². The molecule has 0 saturated carbocycles. The van der Waals surface area contributed by atoms with Crippen LogP contribution in [0.5, 0.6) is 0 Å². The Hall–Kier alpha value is -0.650. The summed E-state index contributed by atoms with van der Waals surface area (Å²) in [5.41, 5.74) is 1.85. The molecule has 0 radical (unpaired) electrons. The molecule has 0 bridgehead atoms. The van der Waals surface area contributed by atoms with Crippen molar-refractivity contribution in [2.45, 2.75) is 25.3 Å². The van der Waals surface area contributed by atoms with Gasteiger partial charge >= 0.3 is 0 Å². The molecule has 102 valence electrons. The van der Waals surface area contributed by atoms with Crippen molar-refractivity contribution in [3.05, 3.63) is 22.6 Å². The SMILES string of the molecule is ClCCc1nc2cc(Br)cnc2n1C1CCCOC1. The quantitative estimate of drug-likeness (QED) is 0.802. The van der Waals surface area contributed by atoms with E-state index in [0.29, 0.717) is 11.9 Å². The van der Waals surface area contributed by atoms with Crippen LogP contribution in [-0.2, 0) is 11.2 Å². The molecule has 1 aliphatic heterocycles. The van der Waals surface area contributed by atoms with Crippen molar-refractivity contribution in [3.8, 4) is 0 Å². The van der Waals surface area contributed by atoms with Crippen molar-refractivity contribution in [2.75, 3.05) is 19.1 Å². The van der Waals surface area contributed by atoms with Gasteiger partial charge in [-0.05, 0) is 34.8 Å². The first-order chi connectivity index (χ1) is 9.29. The number of fused-ring (bicyclic) bond motifs is 1. The van der Waals surface area contributed by atoms with Gasteiger partial charge in [-0.3, -0.25) is 0 Å². The lowest BCUT2D eigenvalue weighted by Gasteiger charge is -2.25. The second-order valence-electron chi connectivity index (χ2n) is 4.70. The highest BCUT2D eigenvalue weighted by atomic mass is 79.9. The average Bonchev–Trinajstić information content (AvgIpc) is 2.77. The summed E-state index contributed by atoms with van der Waals surface area (Å²) in [7, 11) is 0. The van der Waals surface area contributed by atoms with E-state index in [9.17, 15) is 0 Å². The van der Waals surface area contributed by atoms with E-state index in [0.717, 1.165) is 53.9 Å². The molecule has 6 heteroatoms. The summed E-state index contributed by atoms with van der Waals surface area (Å²) >= 11 is 9.33. The normalized spacial score (nSPS) is 20.0. The first-order valence-corrected chi connectivity index (χ1v) is 7.78. The summed E-state index contributed by atoms with van der Waals surface area (Å²) in [6, 6.07) is 2.32. The number of aryl methyl sites for hydroxylation is 1. The van der Waals surface area contributed by atoms with Gasteiger partial charge in [0.15, 0.2) is 5.65 Å². The number of nitrogens with zero attached hydrogens (tertiary/aromatic N) is 3. The Morgan fingerprint density at radius 1 is 1.53 bits per heavy atom. The Balaban J connectivity index is 2.09. The Kier molecular flexibility index (Phi) is 4.05. The van der Waals surface area contributed by atoms with Crippen LogP contribution >= 0.6 is 27.5 Å². The predicted molar refractivity (Wildman–Crippen MR) is 78.7 cm³/mol. The summed E-state index contributed by atoms with van der Waals surface area (Å²) in [5.74, 6) is 1.57. The number of pyridine rings is 1. The van der Waals surface area contributed by atoms with Crippen molar-refractivity contribution < 1.29 is 4.74 Å². The Morgan fingerprint density at radius 2 is 2.42 bits per heavy atom. The zero-order valence-corrected chi connectivity index (χ0v) is 12.8. The number of ether oxygens (including phenoxy) is 1. The predicted octanol–water partition coefficient (Wildman–Crippen LogP) is 3.33. The lowest BCUT2D eigenvalue weighted by molar-refractivity contribution is 0.0594. The molecule has 1 saturated heterocycles. The molecular formula is C13H15BrClN3O. The van der Waals surface area contributed by atoms with Crippen LogP contribution < -0.4 is 0 Å². The van der Waals surface area contributed by atoms with Gasteiger partial charge in [-0.2, -0.15) is 0 Å². The maximum Gasteiger partial charge on any atom is 0.160 e. The van der Waals surface area contributed by atoms with Crippen molar-refractivity contribution in [2.24, 2.45) is 0 Å². The van der Waals surface area contributed by atoms with Crippen LogP contribution in [0.2, 0.25) is 0 Å². The molecule has 4 nitrogen and oxygen atoms in total. The molecule has 1 atom stereocenters. The van der Waals surface area contributed by atoms with E-state index >= 15 is 0 Å². The maximum absolute atomic E-state index is 5.89. The van der Waals surface area contributed by atoms with Crippen molar-refractivity contribution in [1.82, 2.24) is 14.5 Å². The summed E-state index contributed by atoms with van der Waals surface area (Å²) in [6.45, 7) is 1.59. The number of hydrogen-bond donors (Lipinski definition) is 0. The lowest BCUT2D eigenvalue weighted by Crippen LogP contribution is -2.23. The van der Waals surface area contributed by atoms with Gasteiger partial charge in [0.05, 0.1) is 12.6 Å². The Bertz CT molecular complexity index is 581. The zero-order valence-electron chi connectivity index (χ0n) is 10.5. The molecule has 1 fully saturated rings. The maximum atomic E-state index is 5.89. The summed E-state index contributed by atoms with van der Waals surface area (Å²) in [4.78, 5) is 9.18. The Labute approximate surface area is 125 Å². The van der Waals surface area contributed by atoms with Gasteiger partial charge in [-0.1, -0.05) is 0 Å². The monoisotopic (exact) mass is 343 g/mol. The standard InChI is InChI=1S/C13H15BrClN3O/c14-9-6-11-13(16-7-9)18(12(17-11)3-4-15)10-2-1-5-19-8-10/h6-7,10H,1-5,8H2. The fourth-order valence-corrected chi connectivity index (χ4v) is 3.06. The molecule has 1 aliphatic rings. The molecule has 0 aromatic carbocycles.